The molecule has 0 saturated heterocycles. The van der Waals surface area contributed by atoms with E-state index >= 15 is 0 Å². The standard InChI is InChI=1S/C12H19NOS/c1-10(11-4-5-11)13-6-7-14-9-12-3-2-8-15-12/h2-3,8,10-11,13H,4-7,9H2,1H3. The van der Waals surface area contributed by atoms with E-state index in [2.05, 4.69) is 29.8 Å². The number of hydrogen-bond donors (Lipinski definition) is 1. The van der Waals surface area contributed by atoms with E-state index in [0.29, 0.717) is 6.04 Å². The topological polar surface area (TPSA) is 21.3 Å². The molecule has 3 heteroatoms. The second kappa shape index (κ2) is 5.64. The molecular formula is C12H19NOS. The van der Waals surface area contributed by atoms with Crippen molar-refractivity contribution in [2.75, 3.05) is 13.2 Å². The summed E-state index contributed by atoms with van der Waals surface area (Å²) in [6.45, 7) is 4.83. The van der Waals surface area contributed by atoms with Crippen LogP contribution in [-0.4, -0.2) is 19.2 Å². The summed E-state index contributed by atoms with van der Waals surface area (Å²) in [5, 5.41) is 5.59. The molecule has 0 amide bonds. The average molecular weight is 225 g/mol. The van der Waals surface area contributed by atoms with Crippen LogP contribution in [0.2, 0.25) is 0 Å². The molecule has 1 aliphatic carbocycles. The van der Waals surface area contributed by atoms with Gasteiger partial charge in [0.2, 0.25) is 0 Å². The fraction of sp³-hybridized carbons (Fsp3) is 0.667. The Bertz CT molecular complexity index is 269. The molecular weight excluding hydrogens is 206 g/mol. The van der Waals surface area contributed by atoms with Crippen LogP contribution < -0.4 is 5.32 Å². The van der Waals surface area contributed by atoms with Crippen molar-refractivity contribution in [3.05, 3.63) is 22.4 Å². The molecule has 1 N–H and O–H groups in total. The highest BCUT2D eigenvalue weighted by molar-refractivity contribution is 7.09. The molecule has 0 aliphatic heterocycles. The van der Waals surface area contributed by atoms with Crippen molar-refractivity contribution in [2.24, 2.45) is 5.92 Å². The van der Waals surface area contributed by atoms with Crippen LogP contribution >= 0.6 is 11.3 Å². The molecule has 0 spiro atoms. The van der Waals surface area contributed by atoms with Crippen LogP contribution in [0, 0.1) is 5.92 Å². The van der Waals surface area contributed by atoms with Gasteiger partial charge in [0.1, 0.15) is 0 Å². The molecule has 0 aromatic carbocycles. The lowest BCUT2D eigenvalue weighted by atomic mass is 10.2. The first-order valence-corrected chi connectivity index (χ1v) is 6.58. The van der Waals surface area contributed by atoms with E-state index in [1.54, 1.807) is 11.3 Å². The largest absolute Gasteiger partial charge is 0.375 e. The van der Waals surface area contributed by atoms with E-state index in [9.17, 15) is 0 Å². The van der Waals surface area contributed by atoms with Gasteiger partial charge in [-0.15, -0.1) is 11.3 Å². The zero-order chi connectivity index (χ0) is 10.5. The van der Waals surface area contributed by atoms with Gasteiger partial charge in [-0.05, 0) is 37.1 Å². The number of thiophene rings is 1. The molecule has 1 aromatic heterocycles. The minimum atomic E-state index is 0.676. The molecule has 1 atom stereocenters. The summed E-state index contributed by atoms with van der Waals surface area (Å²) in [7, 11) is 0. The summed E-state index contributed by atoms with van der Waals surface area (Å²) in [4.78, 5) is 1.31. The lowest BCUT2D eigenvalue weighted by Crippen LogP contribution is -2.30. The Morgan fingerprint density at radius 3 is 3.13 bits per heavy atom. The molecule has 1 fully saturated rings. The lowest BCUT2D eigenvalue weighted by Gasteiger charge is -2.12. The van der Waals surface area contributed by atoms with E-state index in [1.807, 2.05) is 0 Å². The predicted molar refractivity (Wildman–Crippen MR) is 64.2 cm³/mol. The first-order chi connectivity index (χ1) is 7.36. The molecule has 2 rings (SSSR count). The van der Waals surface area contributed by atoms with Crippen LogP contribution in [0.5, 0.6) is 0 Å². The number of hydrogen-bond acceptors (Lipinski definition) is 3. The third-order valence-electron chi connectivity index (χ3n) is 2.87. The van der Waals surface area contributed by atoms with Crippen LogP contribution in [0.1, 0.15) is 24.6 Å². The van der Waals surface area contributed by atoms with Crippen molar-refractivity contribution >= 4 is 11.3 Å². The summed E-state index contributed by atoms with van der Waals surface area (Å²) in [5.74, 6) is 0.933. The Morgan fingerprint density at radius 1 is 1.60 bits per heavy atom. The molecule has 2 nitrogen and oxygen atoms in total. The first kappa shape index (κ1) is 11.1. The van der Waals surface area contributed by atoms with E-state index in [4.69, 9.17) is 4.74 Å². The van der Waals surface area contributed by atoms with Crippen LogP contribution in [0.4, 0.5) is 0 Å². The van der Waals surface area contributed by atoms with E-state index < -0.39 is 0 Å². The zero-order valence-corrected chi connectivity index (χ0v) is 10.1. The molecule has 0 radical (unpaired) electrons. The number of rotatable bonds is 7. The third kappa shape index (κ3) is 3.93. The Labute approximate surface area is 95.6 Å². The normalized spacial score (nSPS) is 17.9. The van der Waals surface area contributed by atoms with Crippen molar-refractivity contribution < 1.29 is 4.74 Å². The maximum Gasteiger partial charge on any atom is 0.0809 e. The zero-order valence-electron chi connectivity index (χ0n) is 9.24. The highest BCUT2D eigenvalue weighted by Gasteiger charge is 2.27. The Balaban J connectivity index is 1.48. The predicted octanol–water partition coefficient (Wildman–Crippen LogP) is 2.65. The van der Waals surface area contributed by atoms with Crippen LogP contribution in [0.15, 0.2) is 17.5 Å². The van der Waals surface area contributed by atoms with Crippen LogP contribution in [-0.2, 0) is 11.3 Å². The van der Waals surface area contributed by atoms with Gasteiger partial charge in [-0.25, -0.2) is 0 Å². The highest BCUT2D eigenvalue weighted by atomic mass is 32.1. The Morgan fingerprint density at radius 2 is 2.47 bits per heavy atom. The second-order valence-corrected chi connectivity index (χ2v) is 5.24. The summed E-state index contributed by atoms with van der Waals surface area (Å²) < 4.78 is 5.58. The quantitative estimate of drug-likeness (QED) is 0.720. The molecule has 0 bridgehead atoms. The average Bonchev–Trinajstić information content (AvgIpc) is 2.97. The van der Waals surface area contributed by atoms with Gasteiger partial charge in [0.05, 0.1) is 13.2 Å². The SMILES string of the molecule is CC(NCCOCc1cccs1)C1CC1. The number of nitrogens with one attached hydrogen (secondary N) is 1. The Hall–Kier alpha value is -0.380. The summed E-state index contributed by atoms with van der Waals surface area (Å²) in [6, 6.07) is 4.86. The van der Waals surface area contributed by atoms with Gasteiger partial charge in [-0.1, -0.05) is 6.07 Å². The van der Waals surface area contributed by atoms with Crippen molar-refractivity contribution in [1.82, 2.24) is 5.32 Å². The lowest BCUT2D eigenvalue weighted by molar-refractivity contribution is 0.122. The van der Waals surface area contributed by atoms with Gasteiger partial charge in [0.15, 0.2) is 0 Å². The third-order valence-corrected chi connectivity index (χ3v) is 3.72. The maximum absolute atomic E-state index is 5.58. The van der Waals surface area contributed by atoms with Crippen LogP contribution in [0.25, 0.3) is 0 Å². The van der Waals surface area contributed by atoms with E-state index in [0.717, 1.165) is 25.7 Å². The fourth-order valence-electron chi connectivity index (χ4n) is 1.69. The number of ether oxygens (including phenoxy) is 1. The summed E-state index contributed by atoms with van der Waals surface area (Å²) in [6.07, 6.45) is 2.81. The van der Waals surface area contributed by atoms with Gasteiger partial charge in [0.25, 0.3) is 0 Å². The van der Waals surface area contributed by atoms with Gasteiger partial charge >= 0.3 is 0 Å². The molecule has 1 heterocycles. The first-order valence-electron chi connectivity index (χ1n) is 5.70. The molecule has 1 aromatic rings. The summed E-state index contributed by atoms with van der Waals surface area (Å²) in [5.41, 5.74) is 0. The van der Waals surface area contributed by atoms with Gasteiger partial charge in [0, 0.05) is 17.5 Å². The Kier molecular flexibility index (Phi) is 4.18. The minimum absolute atomic E-state index is 0.676. The van der Waals surface area contributed by atoms with E-state index in [1.165, 1.54) is 17.7 Å². The van der Waals surface area contributed by atoms with Gasteiger partial charge in [-0.2, -0.15) is 0 Å². The molecule has 1 saturated carbocycles. The fourth-order valence-corrected chi connectivity index (χ4v) is 2.33. The summed E-state index contributed by atoms with van der Waals surface area (Å²) >= 11 is 1.76. The van der Waals surface area contributed by atoms with E-state index in [-0.39, 0.29) is 0 Å². The molecule has 15 heavy (non-hydrogen) atoms. The van der Waals surface area contributed by atoms with Crippen molar-refractivity contribution in [3.63, 3.8) is 0 Å². The minimum Gasteiger partial charge on any atom is -0.375 e. The molecule has 1 unspecified atom stereocenters. The van der Waals surface area contributed by atoms with Gasteiger partial charge in [-0.3, -0.25) is 0 Å². The molecule has 1 aliphatic rings. The van der Waals surface area contributed by atoms with Crippen molar-refractivity contribution in [3.8, 4) is 0 Å². The maximum atomic E-state index is 5.58. The van der Waals surface area contributed by atoms with Crippen molar-refractivity contribution in [1.29, 1.82) is 0 Å². The van der Waals surface area contributed by atoms with Crippen LogP contribution in [0.3, 0.4) is 0 Å². The van der Waals surface area contributed by atoms with Crippen molar-refractivity contribution in [2.45, 2.75) is 32.4 Å². The molecule has 84 valence electrons. The van der Waals surface area contributed by atoms with Gasteiger partial charge < -0.3 is 10.1 Å². The second-order valence-electron chi connectivity index (χ2n) is 4.21. The highest BCUT2D eigenvalue weighted by Crippen LogP contribution is 2.32. The monoisotopic (exact) mass is 225 g/mol. The smallest absolute Gasteiger partial charge is 0.0809 e.